The highest BCUT2D eigenvalue weighted by molar-refractivity contribution is 5.92. The average molecular weight is 454 g/mol. The number of benzene rings is 2. The molecule has 0 saturated heterocycles. The molecule has 0 radical (unpaired) electrons. The van der Waals surface area contributed by atoms with Crippen molar-refractivity contribution in [3.8, 4) is 11.5 Å². The van der Waals surface area contributed by atoms with Gasteiger partial charge < -0.3 is 24.6 Å². The van der Waals surface area contributed by atoms with Crippen LogP contribution in [-0.4, -0.2) is 61.5 Å². The Morgan fingerprint density at radius 2 is 1.88 bits per heavy atom. The third-order valence-corrected chi connectivity index (χ3v) is 6.20. The van der Waals surface area contributed by atoms with E-state index in [1.165, 1.54) is 5.56 Å². The van der Waals surface area contributed by atoms with Gasteiger partial charge >= 0.3 is 0 Å². The number of nitrogens with zero attached hydrogens (tertiary/aromatic N) is 2. The van der Waals surface area contributed by atoms with E-state index in [0.29, 0.717) is 30.3 Å². The zero-order valence-corrected chi connectivity index (χ0v) is 20.1. The van der Waals surface area contributed by atoms with E-state index >= 15 is 0 Å². The van der Waals surface area contributed by atoms with Gasteiger partial charge in [-0.2, -0.15) is 0 Å². The normalized spacial score (nSPS) is 15.2. The third-order valence-electron chi connectivity index (χ3n) is 6.20. The van der Waals surface area contributed by atoms with Crippen molar-refractivity contribution in [2.75, 3.05) is 45.2 Å². The Bertz CT molecular complexity index is 958. The predicted octanol–water partition coefficient (Wildman–Crippen LogP) is 3.89. The van der Waals surface area contributed by atoms with Gasteiger partial charge in [0.05, 0.1) is 19.6 Å². The lowest BCUT2D eigenvalue weighted by Gasteiger charge is -2.36. The molecule has 1 aliphatic heterocycles. The van der Waals surface area contributed by atoms with Crippen molar-refractivity contribution in [3.63, 3.8) is 0 Å². The highest BCUT2D eigenvalue weighted by Gasteiger charge is 2.30. The lowest BCUT2D eigenvalue weighted by atomic mass is 9.90. The van der Waals surface area contributed by atoms with Crippen LogP contribution in [0.1, 0.15) is 44.4 Å². The van der Waals surface area contributed by atoms with Crippen molar-refractivity contribution >= 4 is 17.5 Å². The summed E-state index contributed by atoms with van der Waals surface area (Å²) >= 11 is 0. The van der Waals surface area contributed by atoms with Crippen molar-refractivity contribution in [2.45, 2.75) is 39.7 Å². The van der Waals surface area contributed by atoms with Crippen LogP contribution in [0.25, 0.3) is 0 Å². The van der Waals surface area contributed by atoms with Gasteiger partial charge in [-0.15, -0.1) is 0 Å². The topological polar surface area (TPSA) is 71.1 Å². The summed E-state index contributed by atoms with van der Waals surface area (Å²) in [5.74, 6) is 1.05. The van der Waals surface area contributed by atoms with E-state index in [-0.39, 0.29) is 24.3 Å². The lowest BCUT2D eigenvalue weighted by molar-refractivity contribution is -0.132. The summed E-state index contributed by atoms with van der Waals surface area (Å²) in [4.78, 5) is 29.3. The summed E-state index contributed by atoms with van der Waals surface area (Å²) < 4.78 is 11.4. The summed E-state index contributed by atoms with van der Waals surface area (Å²) in [7, 11) is 1.60. The van der Waals surface area contributed by atoms with E-state index in [9.17, 15) is 9.59 Å². The van der Waals surface area contributed by atoms with Gasteiger partial charge in [-0.05, 0) is 42.8 Å². The number of carbonyl (C=O) groups is 2. The molecule has 0 aromatic heterocycles. The Hall–Kier alpha value is -3.06. The minimum absolute atomic E-state index is 0.0179. The first-order chi connectivity index (χ1) is 16.0. The van der Waals surface area contributed by atoms with Crippen LogP contribution in [0.3, 0.4) is 0 Å². The number of likely N-dealkylation sites (N-methyl/N-ethyl adjacent to an activating group) is 1. The zero-order valence-electron chi connectivity index (χ0n) is 20.1. The maximum absolute atomic E-state index is 13.0. The number of methoxy groups -OCH3 is 1. The summed E-state index contributed by atoms with van der Waals surface area (Å²) in [5.41, 5.74) is 2.88. The Kier molecular flexibility index (Phi) is 8.72. The first-order valence-corrected chi connectivity index (χ1v) is 11.6. The quantitative estimate of drug-likeness (QED) is 0.591. The summed E-state index contributed by atoms with van der Waals surface area (Å²) in [6, 6.07) is 13.1. The van der Waals surface area contributed by atoms with E-state index in [4.69, 9.17) is 9.47 Å². The van der Waals surface area contributed by atoms with E-state index in [1.807, 2.05) is 18.2 Å². The number of rotatable bonds is 10. The van der Waals surface area contributed by atoms with Crippen molar-refractivity contribution in [3.05, 3.63) is 53.6 Å². The first-order valence-electron chi connectivity index (χ1n) is 11.6. The average Bonchev–Trinajstić information content (AvgIpc) is 2.82. The van der Waals surface area contributed by atoms with Crippen molar-refractivity contribution < 1.29 is 19.1 Å². The first kappa shape index (κ1) is 24.6. The Balaban J connectivity index is 1.70. The van der Waals surface area contributed by atoms with Crippen LogP contribution >= 0.6 is 0 Å². The Morgan fingerprint density at radius 3 is 2.58 bits per heavy atom. The summed E-state index contributed by atoms with van der Waals surface area (Å²) in [6.45, 7) is 9.71. The molecule has 33 heavy (non-hydrogen) atoms. The smallest absolute Gasteiger partial charge is 0.226 e. The van der Waals surface area contributed by atoms with Gasteiger partial charge in [0.2, 0.25) is 11.8 Å². The molecular weight excluding hydrogens is 418 g/mol. The molecule has 0 bridgehead atoms. The van der Waals surface area contributed by atoms with E-state index in [1.54, 1.807) is 37.1 Å². The van der Waals surface area contributed by atoms with E-state index in [0.717, 1.165) is 31.6 Å². The third kappa shape index (κ3) is 6.26. The molecule has 3 rings (SSSR count). The van der Waals surface area contributed by atoms with Crippen LogP contribution in [0.2, 0.25) is 0 Å². The number of fused-ring (bicyclic) bond motifs is 1. The second-order valence-electron chi connectivity index (χ2n) is 8.17. The number of carbonyl (C=O) groups excluding carboxylic acids is 2. The Morgan fingerprint density at radius 1 is 1.12 bits per heavy atom. The van der Waals surface area contributed by atoms with Gasteiger partial charge in [0.15, 0.2) is 11.5 Å². The fourth-order valence-electron chi connectivity index (χ4n) is 4.33. The minimum atomic E-state index is -0.268. The number of hydrogen-bond donors (Lipinski definition) is 1. The lowest BCUT2D eigenvalue weighted by Crippen LogP contribution is -2.40. The SMILES string of the molecule is CCN(CC)CCOc1cc(NC(=O)CC2c3ccccc3CCN2C(C)=O)ccc1OC. The molecule has 2 amide bonds. The van der Waals surface area contributed by atoms with Gasteiger partial charge in [-0.3, -0.25) is 9.59 Å². The van der Waals surface area contributed by atoms with E-state index < -0.39 is 0 Å². The predicted molar refractivity (Wildman–Crippen MR) is 130 cm³/mol. The number of nitrogens with one attached hydrogen (secondary N) is 1. The molecule has 0 aliphatic carbocycles. The molecule has 1 unspecified atom stereocenters. The minimum Gasteiger partial charge on any atom is -0.493 e. The second-order valence-corrected chi connectivity index (χ2v) is 8.17. The molecule has 1 heterocycles. The molecule has 1 aliphatic rings. The highest BCUT2D eigenvalue weighted by atomic mass is 16.5. The molecule has 7 heteroatoms. The molecule has 178 valence electrons. The zero-order chi connectivity index (χ0) is 23.8. The van der Waals surface area contributed by atoms with Crippen LogP contribution in [0.15, 0.2) is 42.5 Å². The number of ether oxygens (including phenoxy) is 2. The fourth-order valence-corrected chi connectivity index (χ4v) is 4.33. The molecule has 0 fully saturated rings. The van der Waals surface area contributed by atoms with Crippen LogP contribution in [0, 0.1) is 0 Å². The highest BCUT2D eigenvalue weighted by Crippen LogP contribution is 2.34. The van der Waals surface area contributed by atoms with Crippen LogP contribution in [0.5, 0.6) is 11.5 Å². The maximum Gasteiger partial charge on any atom is 0.226 e. The van der Waals surface area contributed by atoms with Crippen LogP contribution < -0.4 is 14.8 Å². The summed E-state index contributed by atoms with van der Waals surface area (Å²) in [6.07, 6.45) is 1.00. The van der Waals surface area contributed by atoms with Gasteiger partial charge in [0.1, 0.15) is 6.61 Å². The Labute approximate surface area is 196 Å². The van der Waals surface area contributed by atoms with Gasteiger partial charge in [-0.25, -0.2) is 0 Å². The van der Waals surface area contributed by atoms with Gasteiger partial charge in [0, 0.05) is 31.8 Å². The van der Waals surface area contributed by atoms with Gasteiger partial charge in [0.25, 0.3) is 0 Å². The molecule has 0 saturated carbocycles. The van der Waals surface area contributed by atoms with Crippen LogP contribution in [-0.2, 0) is 16.0 Å². The van der Waals surface area contributed by atoms with Gasteiger partial charge in [-0.1, -0.05) is 38.1 Å². The van der Waals surface area contributed by atoms with E-state index in [2.05, 4.69) is 30.1 Å². The molecule has 2 aromatic rings. The van der Waals surface area contributed by atoms with Crippen LogP contribution in [0.4, 0.5) is 5.69 Å². The second kappa shape index (κ2) is 11.7. The van der Waals surface area contributed by atoms with Crippen molar-refractivity contribution in [1.82, 2.24) is 9.80 Å². The number of amides is 2. The molecule has 1 N–H and O–H groups in total. The summed E-state index contributed by atoms with van der Waals surface area (Å²) in [5, 5.41) is 2.97. The molecule has 7 nitrogen and oxygen atoms in total. The molecular formula is C26H35N3O4. The number of hydrogen-bond acceptors (Lipinski definition) is 5. The molecule has 1 atom stereocenters. The fraction of sp³-hybridized carbons (Fsp3) is 0.462. The largest absolute Gasteiger partial charge is 0.493 e. The maximum atomic E-state index is 13.0. The molecule has 2 aromatic carbocycles. The van der Waals surface area contributed by atoms with Crippen molar-refractivity contribution in [1.29, 1.82) is 0 Å². The number of anilines is 1. The molecule has 0 spiro atoms. The van der Waals surface area contributed by atoms with Crippen molar-refractivity contribution in [2.24, 2.45) is 0 Å². The standard InChI is InChI=1S/C26H35N3O4/c1-5-28(6-2)15-16-33-25-17-21(11-12-24(25)32-4)27-26(31)18-23-22-10-8-7-9-20(22)13-14-29(23)19(3)30/h7-12,17,23H,5-6,13-16,18H2,1-4H3,(H,27,31). The monoisotopic (exact) mass is 453 g/mol.